The Labute approximate surface area is 270 Å². The van der Waals surface area contributed by atoms with Gasteiger partial charge in [0.05, 0.1) is 12.2 Å². The monoisotopic (exact) mass is 618 g/mol. The molecule has 1 rings (SSSR count). The van der Waals surface area contributed by atoms with E-state index >= 15 is 0 Å². The van der Waals surface area contributed by atoms with Crippen LogP contribution in [0.15, 0.2) is 36.5 Å². The first-order valence-corrected chi connectivity index (χ1v) is 18.1. The van der Waals surface area contributed by atoms with E-state index in [1.54, 1.807) is 0 Å². The van der Waals surface area contributed by atoms with Crippen molar-refractivity contribution in [3.8, 4) is 0 Å². The first-order valence-electron chi connectivity index (χ1n) is 18.1. The van der Waals surface area contributed by atoms with Gasteiger partial charge >= 0.3 is 11.9 Å². The second-order valence-electron chi connectivity index (χ2n) is 12.6. The lowest BCUT2D eigenvalue weighted by Crippen LogP contribution is -2.25. The minimum Gasteiger partial charge on any atom is -0.463 e. The summed E-state index contributed by atoms with van der Waals surface area (Å²) in [4.78, 5) is 23.8. The lowest BCUT2D eigenvalue weighted by molar-refractivity contribution is -0.152. The molecule has 1 fully saturated rings. The van der Waals surface area contributed by atoms with Gasteiger partial charge in [-0.25, -0.2) is 0 Å². The summed E-state index contributed by atoms with van der Waals surface area (Å²) in [5.41, 5.74) is 0. The van der Waals surface area contributed by atoms with Crippen molar-refractivity contribution in [2.75, 3.05) is 13.2 Å². The molecule has 0 aromatic heterocycles. The standard InChI is InChI=1S/C38H66O6/c1-4-6-7-8-17-22-27-35-36(44-35)28-23-18-13-11-15-20-25-30-38(41)43-32-34(39)31-42-37(40)29-24-19-14-10-9-12-16-21-26-33(3)5-2/h11,15,17-18,22-23,33-36,39H,4-10,12-14,16,19-21,24-32H2,1-3H3/b15-11-,22-17-,23-18-/t33?,34-,35?,36?/m0/s1. The summed E-state index contributed by atoms with van der Waals surface area (Å²) in [5.74, 6) is 0.217. The van der Waals surface area contributed by atoms with Gasteiger partial charge in [0, 0.05) is 12.8 Å². The molecule has 0 spiro atoms. The molecule has 0 bridgehead atoms. The maximum atomic E-state index is 11.9. The lowest BCUT2D eigenvalue weighted by atomic mass is 9.99. The molecule has 4 atom stereocenters. The molecule has 3 unspecified atom stereocenters. The van der Waals surface area contributed by atoms with Gasteiger partial charge in [-0.3, -0.25) is 9.59 Å². The van der Waals surface area contributed by atoms with Crippen molar-refractivity contribution in [3.05, 3.63) is 36.5 Å². The van der Waals surface area contributed by atoms with Crippen LogP contribution in [0.25, 0.3) is 0 Å². The Morgan fingerprint density at radius 3 is 1.84 bits per heavy atom. The van der Waals surface area contributed by atoms with E-state index in [1.807, 2.05) is 0 Å². The van der Waals surface area contributed by atoms with Gasteiger partial charge in [0.1, 0.15) is 19.3 Å². The molecule has 1 saturated heterocycles. The van der Waals surface area contributed by atoms with Crippen LogP contribution in [0.4, 0.5) is 0 Å². The molecule has 0 radical (unpaired) electrons. The minimum absolute atomic E-state index is 0.136. The highest BCUT2D eigenvalue weighted by molar-refractivity contribution is 5.69. The van der Waals surface area contributed by atoms with Crippen LogP contribution < -0.4 is 0 Å². The van der Waals surface area contributed by atoms with Crippen LogP contribution in [0.1, 0.15) is 156 Å². The van der Waals surface area contributed by atoms with Crippen molar-refractivity contribution in [1.29, 1.82) is 0 Å². The number of epoxide rings is 1. The zero-order valence-electron chi connectivity index (χ0n) is 28.5. The average molecular weight is 619 g/mol. The number of aliphatic hydroxyl groups is 1. The molecule has 1 heterocycles. The Balaban J connectivity index is 1.89. The second kappa shape index (κ2) is 28.5. The van der Waals surface area contributed by atoms with Crippen LogP contribution >= 0.6 is 0 Å². The van der Waals surface area contributed by atoms with E-state index < -0.39 is 6.10 Å². The fourth-order valence-electron chi connectivity index (χ4n) is 5.04. The number of rotatable bonds is 30. The molecular formula is C38H66O6. The van der Waals surface area contributed by atoms with E-state index in [4.69, 9.17) is 14.2 Å². The van der Waals surface area contributed by atoms with Gasteiger partial charge in [-0.15, -0.1) is 0 Å². The molecule has 1 aliphatic rings. The fourth-order valence-corrected chi connectivity index (χ4v) is 5.04. The van der Waals surface area contributed by atoms with Gasteiger partial charge in [0.25, 0.3) is 0 Å². The highest BCUT2D eigenvalue weighted by Crippen LogP contribution is 2.29. The maximum absolute atomic E-state index is 11.9. The number of allylic oxidation sites excluding steroid dienone is 4. The molecule has 1 aliphatic heterocycles. The molecule has 0 aromatic carbocycles. The van der Waals surface area contributed by atoms with E-state index in [-0.39, 0.29) is 25.2 Å². The van der Waals surface area contributed by atoms with Gasteiger partial charge in [-0.05, 0) is 57.3 Å². The second-order valence-corrected chi connectivity index (χ2v) is 12.6. The smallest absolute Gasteiger partial charge is 0.305 e. The van der Waals surface area contributed by atoms with Crippen LogP contribution in [-0.2, 0) is 23.8 Å². The van der Waals surface area contributed by atoms with Crippen LogP contribution in [0.2, 0.25) is 0 Å². The fraction of sp³-hybridized carbons (Fsp3) is 0.789. The molecule has 0 saturated carbocycles. The Morgan fingerprint density at radius 1 is 0.682 bits per heavy atom. The van der Waals surface area contributed by atoms with Crippen molar-refractivity contribution >= 4 is 11.9 Å². The van der Waals surface area contributed by atoms with E-state index in [9.17, 15) is 14.7 Å². The predicted molar refractivity (Wildman–Crippen MR) is 181 cm³/mol. The number of hydrogen-bond donors (Lipinski definition) is 1. The van der Waals surface area contributed by atoms with Gasteiger partial charge in [0.15, 0.2) is 0 Å². The third kappa shape index (κ3) is 25.4. The van der Waals surface area contributed by atoms with Crippen molar-refractivity contribution < 1.29 is 28.9 Å². The quantitative estimate of drug-likeness (QED) is 0.0373. The number of esters is 2. The van der Waals surface area contributed by atoms with Gasteiger partial charge in [-0.1, -0.05) is 128 Å². The van der Waals surface area contributed by atoms with Crippen molar-refractivity contribution in [2.24, 2.45) is 5.92 Å². The Kier molecular flexibility index (Phi) is 26.0. The Morgan fingerprint density at radius 2 is 1.20 bits per heavy atom. The number of aliphatic hydroxyl groups excluding tert-OH is 1. The molecule has 254 valence electrons. The van der Waals surface area contributed by atoms with Gasteiger partial charge in [-0.2, -0.15) is 0 Å². The van der Waals surface area contributed by atoms with Crippen molar-refractivity contribution in [1.82, 2.24) is 0 Å². The summed E-state index contributed by atoms with van der Waals surface area (Å²) in [6.07, 6.45) is 35.1. The van der Waals surface area contributed by atoms with Gasteiger partial charge in [0.2, 0.25) is 0 Å². The highest BCUT2D eigenvalue weighted by atomic mass is 16.6. The SMILES string of the molecule is CCCCC/C=C\CC1OC1C/C=C\C/C=C\CCCC(=O)OC[C@@H](O)COC(=O)CCCCCCCCCCC(C)CC. The Bertz CT molecular complexity index is 788. The summed E-state index contributed by atoms with van der Waals surface area (Å²) in [6, 6.07) is 0. The van der Waals surface area contributed by atoms with E-state index in [0.717, 1.165) is 50.9 Å². The van der Waals surface area contributed by atoms with E-state index in [1.165, 1.54) is 70.6 Å². The zero-order valence-corrected chi connectivity index (χ0v) is 28.5. The normalized spacial score (nSPS) is 17.9. The predicted octanol–water partition coefficient (Wildman–Crippen LogP) is 9.74. The molecule has 0 amide bonds. The molecule has 6 nitrogen and oxygen atoms in total. The van der Waals surface area contributed by atoms with Gasteiger partial charge < -0.3 is 19.3 Å². The molecular weight excluding hydrogens is 552 g/mol. The largest absolute Gasteiger partial charge is 0.463 e. The molecule has 0 aromatic rings. The molecule has 1 N–H and O–H groups in total. The summed E-state index contributed by atoms with van der Waals surface area (Å²) in [6.45, 7) is 6.54. The van der Waals surface area contributed by atoms with Crippen LogP contribution in [0, 0.1) is 5.92 Å². The Hall–Kier alpha value is -1.92. The summed E-state index contributed by atoms with van der Waals surface area (Å²) >= 11 is 0. The van der Waals surface area contributed by atoms with E-state index in [2.05, 4.69) is 57.2 Å². The molecule has 44 heavy (non-hydrogen) atoms. The minimum atomic E-state index is -0.988. The van der Waals surface area contributed by atoms with E-state index in [0.29, 0.717) is 31.5 Å². The number of carbonyl (C=O) groups is 2. The number of unbranched alkanes of at least 4 members (excludes halogenated alkanes) is 11. The third-order valence-corrected chi connectivity index (χ3v) is 8.32. The first kappa shape index (κ1) is 40.1. The lowest BCUT2D eigenvalue weighted by Gasteiger charge is -2.12. The van der Waals surface area contributed by atoms with Crippen LogP contribution in [0.3, 0.4) is 0 Å². The number of hydrogen-bond acceptors (Lipinski definition) is 6. The maximum Gasteiger partial charge on any atom is 0.305 e. The van der Waals surface area contributed by atoms with Crippen molar-refractivity contribution in [3.63, 3.8) is 0 Å². The summed E-state index contributed by atoms with van der Waals surface area (Å²) < 4.78 is 16.0. The molecule has 6 heteroatoms. The van der Waals surface area contributed by atoms with Crippen LogP contribution in [0.5, 0.6) is 0 Å². The number of ether oxygens (including phenoxy) is 3. The number of carbonyl (C=O) groups excluding carboxylic acids is 2. The zero-order chi connectivity index (χ0) is 32.1. The average Bonchev–Trinajstić information content (AvgIpc) is 3.78. The van der Waals surface area contributed by atoms with Crippen LogP contribution in [-0.4, -0.2) is 48.6 Å². The molecule has 0 aliphatic carbocycles. The topological polar surface area (TPSA) is 85.4 Å². The van der Waals surface area contributed by atoms with Crippen molar-refractivity contribution in [2.45, 2.75) is 174 Å². The third-order valence-electron chi connectivity index (χ3n) is 8.32. The first-order chi connectivity index (χ1) is 21.5. The summed E-state index contributed by atoms with van der Waals surface area (Å²) in [7, 11) is 0. The highest BCUT2D eigenvalue weighted by Gasteiger charge is 2.35. The summed E-state index contributed by atoms with van der Waals surface area (Å²) in [5, 5.41) is 9.98.